The quantitative estimate of drug-likeness (QED) is 0.906. The van der Waals surface area contributed by atoms with Crippen molar-refractivity contribution in [1.29, 1.82) is 0 Å². The molecule has 1 fully saturated rings. The van der Waals surface area contributed by atoms with Crippen LogP contribution >= 0.6 is 0 Å². The number of likely N-dealkylation sites (tertiary alicyclic amines) is 1. The van der Waals surface area contributed by atoms with Crippen LogP contribution in [0.25, 0.3) is 0 Å². The topological polar surface area (TPSA) is 38.8 Å². The molecule has 0 radical (unpaired) electrons. The summed E-state index contributed by atoms with van der Waals surface area (Å²) in [5, 5.41) is 3.53. The monoisotopic (exact) mass is 364 g/mol. The predicted molar refractivity (Wildman–Crippen MR) is 111 cm³/mol. The van der Waals surface area contributed by atoms with Gasteiger partial charge >= 0.3 is 0 Å². The summed E-state index contributed by atoms with van der Waals surface area (Å²) in [4.78, 5) is 19.8. The molecule has 0 saturated carbocycles. The van der Waals surface area contributed by atoms with Gasteiger partial charge in [0.15, 0.2) is 0 Å². The lowest BCUT2D eigenvalue weighted by atomic mass is 10.1. The summed E-state index contributed by atoms with van der Waals surface area (Å²) < 4.78 is 0. The fraction of sp³-hybridized carbons (Fsp3) is 0.409. The highest BCUT2D eigenvalue weighted by Crippen LogP contribution is 2.37. The number of nitrogens with zero attached hydrogens (tertiary/aromatic N) is 3. The molecule has 2 aromatic carbocycles. The summed E-state index contributed by atoms with van der Waals surface area (Å²) in [6.45, 7) is 5.59. The van der Waals surface area contributed by atoms with Crippen LogP contribution in [-0.2, 0) is 4.79 Å². The number of likely N-dealkylation sites (N-methyl/N-ethyl adjacent to an activating group) is 1. The molecule has 1 saturated heterocycles. The van der Waals surface area contributed by atoms with Crippen LogP contribution < -0.4 is 15.1 Å². The normalized spacial score (nSPS) is 21.2. The van der Waals surface area contributed by atoms with Gasteiger partial charge in [-0.25, -0.2) is 0 Å². The number of para-hydroxylation sites is 3. The van der Waals surface area contributed by atoms with Crippen molar-refractivity contribution in [2.24, 2.45) is 0 Å². The van der Waals surface area contributed by atoms with E-state index in [0.29, 0.717) is 12.6 Å². The predicted octanol–water partition coefficient (Wildman–Crippen LogP) is 2.85. The Morgan fingerprint density at radius 3 is 2.41 bits per heavy atom. The van der Waals surface area contributed by atoms with Crippen molar-refractivity contribution in [2.45, 2.75) is 25.4 Å². The highest BCUT2D eigenvalue weighted by Gasteiger charge is 2.31. The first-order valence-corrected chi connectivity index (χ1v) is 9.81. The summed E-state index contributed by atoms with van der Waals surface area (Å²) in [6, 6.07) is 18.8. The molecule has 2 heterocycles. The van der Waals surface area contributed by atoms with Crippen LogP contribution in [0.5, 0.6) is 0 Å². The zero-order valence-corrected chi connectivity index (χ0v) is 16.1. The van der Waals surface area contributed by atoms with Crippen molar-refractivity contribution in [1.82, 2.24) is 10.2 Å². The third kappa shape index (κ3) is 3.70. The van der Waals surface area contributed by atoms with Gasteiger partial charge in [-0.15, -0.1) is 0 Å². The molecule has 0 bridgehead atoms. The Hall–Kier alpha value is -2.37. The number of fused-ring (bicyclic) bond motifs is 1. The number of hydrogen-bond acceptors (Lipinski definition) is 4. The van der Waals surface area contributed by atoms with E-state index in [1.54, 1.807) is 0 Å². The van der Waals surface area contributed by atoms with Gasteiger partial charge in [0.25, 0.3) is 0 Å². The van der Waals surface area contributed by atoms with Gasteiger partial charge in [0.1, 0.15) is 0 Å². The number of amides is 1. The van der Waals surface area contributed by atoms with Crippen LogP contribution in [0.2, 0.25) is 0 Å². The van der Waals surface area contributed by atoms with E-state index in [-0.39, 0.29) is 11.9 Å². The lowest BCUT2D eigenvalue weighted by Crippen LogP contribution is -2.52. The van der Waals surface area contributed by atoms with Crippen LogP contribution in [0.4, 0.5) is 17.1 Å². The third-order valence-corrected chi connectivity index (χ3v) is 5.59. The van der Waals surface area contributed by atoms with Crippen molar-refractivity contribution >= 4 is 23.0 Å². The number of carbonyl (C=O) groups excluding carboxylic acids is 1. The molecule has 5 heteroatoms. The maximum atomic E-state index is 13.2. The molecule has 27 heavy (non-hydrogen) atoms. The number of benzene rings is 2. The molecule has 4 rings (SSSR count). The Morgan fingerprint density at radius 2 is 1.70 bits per heavy atom. The molecule has 0 aliphatic carbocycles. The Labute approximate surface area is 161 Å². The summed E-state index contributed by atoms with van der Waals surface area (Å²) in [5.74, 6) is 0.157. The van der Waals surface area contributed by atoms with Crippen LogP contribution in [0.3, 0.4) is 0 Å². The fourth-order valence-corrected chi connectivity index (χ4v) is 4.20. The van der Waals surface area contributed by atoms with Crippen molar-refractivity contribution in [3.8, 4) is 0 Å². The third-order valence-electron chi connectivity index (χ3n) is 5.59. The van der Waals surface area contributed by atoms with Crippen molar-refractivity contribution in [3.63, 3.8) is 0 Å². The van der Waals surface area contributed by atoms with Gasteiger partial charge in [0.05, 0.1) is 17.4 Å². The van der Waals surface area contributed by atoms with E-state index in [1.807, 2.05) is 30.0 Å². The van der Waals surface area contributed by atoms with Gasteiger partial charge < -0.3 is 20.0 Å². The van der Waals surface area contributed by atoms with Crippen LogP contribution in [0, 0.1) is 0 Å². The summed E-state index contributed by atoms with van der Waals surface area (Å²) >= 11 is 0. The Morgan fingerprint density at radius 1 is 1.00 bits per heavy atom. The summed E-state index contributed by atoms with van der Waals surface area (Å²) in [5.41, 5.74) is 3.25. The minimum atomic E-state index is -0.183. The molecule has 2 unspecified atom stereocenters. The zero-order valence-electron chi connectivity index (χ0n) is 16.1. The van der Waals surface area contributed by atoms with Gasteiger partial charge in [0, 0.05) is 31.4 Å². The van der Waals surface area contributed by atoms with E-state index in [1.165, 1.54) is 0 Å². The number of anilines is 3. The van der Waals surface area contributed by atoms with E-state index in [2.05, 4.69) is 58.6 Å². The van der Waals surface area contributed by atoms with Crippen molar-refractivity contribution in [2.75, 3.05) is 43.0 Å². The largest absolute Gasteiger partial charge is 0.338 e. The Balaban J connectivity index is 1.54. The molecule has 1 N–H and O–H groups in total. The zero-order chi connectivity index (χ0) is 18.8. The molecule has 1 amide bonds. The van der Waals surface area contributed by atoms with E-state index >= 15 is 0 Å². The molecular weight excluding hydrogens is 336 g/mol. The first-order chi connectivity index (χ1) is 13.1. The van der Waals surface area contributed by atoms with E-state index in [0.717, 1.165) is 43.1 Å². The second-order valence-electron chi connectivity index (χ2n) is 7.60. The van der Waals surface area contributed by atoms with Crippen LogP contribution in [0.1, 0.15) is 13.3 Å². The minimum Gasteiger partial charge on any atom is -0.338 e. The van der Waals surface area contributed by atoms with Crippen molar-refractivity contribution < 1.29 is 4.79 Å². The standard InChI is InChI=1S/C22H28N4O/c1-17(23-18-12-13-24(2)16-18)22(27)26-15-14-25(19-8-4-3-5-9-19)20-10-6-7-11-21(20)26/h3-11,17-18,23H,12-16H2,1-2H3. The van der Waals surface area contributed by atoms with Gasteiger partial charge in [-0.05, 0) is 51.2 Å². The maximum absolute atomic E-state index is 13.2. The second kappa shape index (κ2) is 7.71. The minimum absolute atomic E-state index is 0.157. The van der Waals surface area contributed by atoms with Crippen molar-refractivity contribution in [3.05, 3.63) is 54.6 Å². The first-order valence-electron chi connectivity index (χ1n) is 9.81. The molecular formula is C22H28N4O. The lowest BCUT2D eigenvalue weighted by Gasteiger charge is -2.39. The smallest absolute Gasteiger partial charge is 0.243 e. The van der Waals surface area contributed by atoms with Gasteiger partial charge in [-0.2, -0.15) is 0 Å². The van der Waals surface area contributed by atoms with Gasteiger partial charge in [-0.1, -0.05) is 30.3 Å². The molecule has 142 valence electrons. The average molecular weight is 364 g/mol. The Kier molecular flexibility index (Phi) is 5.14. The van der Waals surface area contributed by atoms with Crippen LogP contribution in [0.15, 0.2) is 54.6 Å². The number of rotatable bonds is 4. The molecule has 2 aromatic rings. The van der Waals surface area contributed by atoms with E-state index in [4.69, 9.17) is 0 Å². The highest BCUT2D eigenvalue weighted by molar-refractivity contribution is 6.01. The van der Waals surface area contributed by atoms with E-state index in [9.17, 15) is 4.79 Å². The molecule has 0 spiro atoms. The lowest BCUT2D eigenvalue weighted by molar-refractivity contribution is -0.120. The van der Waals surface area contributed by atoms with E-state index < -0.39 is 0 Å². The fourth-order valence-electron chi connectivity index (χ4n) is 4.20. The number of nitrogens with one attached hydrogen (secondary N) is 1. The first kappa shape index (κ1) is 18.0. The molecule has 0 aromatic heterocycles. The van der Waals surface area contributed by atoms with Crippen LogP contribution in [-0.4, -0.2) is 56.1 Å². The maximum Gasteiger partial charge on any atom is 0.243 e. The molecule has 2 aliphatic heterocycles. The number of carbonyl (C=O) groups is 1. The Bertz CT molecular complexity index is 794. The molecule has 5 nitrogen and oxygen atoms in total. The SMILES string of the molecule is CC(NC1CCN(C)C1)C(=O)N1CCN(c2ccccc2)c2ccccc21. The van der Waals surface area contributed by atoms with Gasteiger partial charge in [-0.3, -0.25) is 4.79 Å². The summed E-state index contributed by atoms with van der Waals surface area (Å²) in [7, 11) is 2.13. The second-order valence-corrected chi connectivity index (χ2v) is 7.60. The summed E-state index contributed by atoms with van der Waals surface area (Å²) in [6.07, 6.45) is 1.10. The highest BCUT2D eigenvalue weighted by atomic mass is 16.2. The number of hydrogen-bond donors (Lipinski definition) is 1. The average Bonchev–Trinajstić information content (AvgIpc) is 3.11. The van der Waals surface area contributed by atoms with Gasteiger partial charge in [0.2, 0.25) is 5.91 Å². The molecule has 2 atom stereocenters. The molecule has 2 aliphatic rings.